The summed E-state index contributed by atoms with van der Waals surface area (Å²) in [6.45, 7) is 1.59. The minimum atomic E-state index is -0.358. The summed E-state index contributed by atoms with van der Waals surface area (Å²) in [5.74, 6) is 0.940. The number of likely N-dealkylation sites (tertiary alicyclic amines) is 1. The highest BCUT2D eigenvalue weighted by Gasteiger charge is 2.38. The van der Waals surface area contributed by atoms with Gasteiger partial charge in [-0.15, -0.1) is 4.99 Å². The number of nitrogens with zero attached hydrogens (tertiary/aromatic N) is 3. The topological polar surface area (TPSA) is 87.0 Å². The van der Waals surface area contributed by atoms with Crippen molar-refractivity contribution in [1.82, 2.24) is 10.2 Å². The quantitative estimate of drug-likeness (QED) is 0.290. The molecule has 0 unspecified atom stereocenters. The number of methoxy groups -OCH3 is 1. The third-order valence-corrected chi connectivity index (χ3v) is 6.70. The second-order valence-electron chi connectivity index (χ2n) is 8.57. The van der Waals surface area contributed by atoms with E-state index < -0.39 is 0 Å². The normalized spacial score (nSPS) is 15.0. The third kappa shape index (κ3) is 5.78. The summed E-state index contributed by atoms with van der Waals surface area (Å²) in [6, 6.07) is 24.4. The molecule has 4 rings (SSSR count). The number of piperidine rings is 1. The van der Waals surface area contributed by atoms with Crippen LogP contribution < -0.4 is 14.8 Å². The first-order valence-corrected chi connectivity index (χ1v) is 12.0. The summed E-state index contributed by atoms with van der Waals surface area (Å²) in [6.07, 6.45) is 3.24. The van der Waals surface area contributed by atoms with Gasteiger partial charge in [0.25, 0.3) is 5.91 Å². The fourth-order valence-corrected chi connectivity index (χ4v) is 4.67. The zero-order chi connectivity index (χ0) is 25.4. The molecule has 1 N–H and O–H groups in total. The number of rotatable bonds is 6. The van der Waals surface area contributed by atoms with Crippen LogP contribution in [0.25, 0.3) is 0 Å². The molecule has 0 radical (unpaired) electrons. The lowest BCUT2D eigenvalue weighted by Crippen LogP contribution is -2.51. The van der Waals surface area contributed by atoms with Gasteiger partial charge in [-0.2, -0.15) is 5.26 Å². The molecular weight excluding hydrogens is 476 g/mol. The van der Waals surface area contributed by atoms with Crippen molar-refractivity contribution in [2.75, 3.05) is 26.7 Å². The van der Waals surface area contributed by atoms with Crippen LogP contribution in [-0.2, 0) is 5.41 Å². The van der Waals surface area contributed by atoms with Gasteiger partial charge in [0.1, 0.15) is 11.5 Å². The van der Waals surface area contributed by atoms with Gasteiger partial charge in [-0.25, -0.2) is 0 Å². The molecule has 3 aromatic carbocycles. The number of aliphatic imine (C=N–C) groups is 1. The molecule has 0 aliphatic carbocycles. The van der Waals surface area contributed by atoms with Crippen molar-refractivity contribution < 1.29 is 14.3 Å². The average molecular weight is 503 g/mol. The van der Waals surface area contributed by atoms with Crippen LogP contribution in [0.2, 0.25) is 5.02 Å². The Morgan fingerprint density at radius 1 is 1.08 bits per heavy atom. The van der Waals surface area contributed by atoms with E-state index in [1.54, 1.807) is 19.2 Å². The molecule has 1 aliphatic rings. The summed E-state index contributed by atoms with van der Waals surface area (Å²) < 4.78 is 11.3. The highest BCUT2D eigenvalue weighted by atomic mass is 35.5. The van der Waals surface area contributed by atoms with Crippen LogP contribution in [-0.4, -0.2) is 43.6 Å². The van der Waals surface area contributed by atoms with Gasteiger partial charge in [0.2, 0.25) is 6.19 Å². The Hall–Kier alpha value is -4.02. The van der Waals surface area contributed by atoms with Gasteiger partial charge in [0, 0.05) is 30.1 Å². The molecule has 7 nitrogen and oxygen atoms in total. The number of amides is 1. The summed E-state index contributed by atoms with van der Waals surface area (Å²) in [5.41, 5.74) is 1.18. The highest BCUT2D eigenvalue weighted by molar-refractivity contribution is 6.30. The van der Waals surface area contributed by atoms with E-state index in [0.717, 1.165) is 5.56 Å². The van der Waals surface area contributed by atoms with Gasteiger partial charge < -0.3 is 19.7 Å². The SMILES string of the molecule is COc1ccccc1C(=O)NCC1(c2cccc(Cl)c2)CCN(/C(=N\C#N)Oc2ccccc2)CC1. The Balaban J connectivity index is 1.54. The number of para-hydroxylation sites is 2. The van der Waals surface area contributed by atoms with E-state index in [1.807, 2.05) is 77.8 Å². The van der Waals surface area contributed by atoms with Crippen LogP contribution in [0, 0.1) is 11.5 Å². The fraction of sp³-hybridized carbons (Fsp3) is 0.250. The lowest BCUT2D eigenvalue weighted by Gasteiger charge is -2.42. The number of amidine groups is 1. The second kappa shape index (κ2) is 11.6. The monoisotopic (exact) mass is 502 g/mol. The Labute approximate surface area is 215 Å². The smallest absolute Gasteiger partial charge is 0.308 e. The Kier molecular flexibility index (Phi) is 8.09. The van der Waals surface area contributed by atoms with Crippen molar-refractivity contribution in [3.05, 3.63) is 95.0 Å². The Morgan fingerprint density at radius 3 is 2.50 bits per heavy atom. The average Bonchev–Trinajstić information content (AvgIpc) is 2.92. The minimum absolute atomic E-state index is 0.199. The van der Waals surface area contributed by atoms with E-state index in [4.69, 9.17) is 21.1 Å². The lowest BCUT2D eigenvalue weighted by molar-refractivity contribution is 0.0927. The van der Waals surface area contributed by atoms with E-state index >= 15 is 0 Å². The number of ether oxygens (including phenoxy) is 2. The molecule has 1 amide bonds. The van der Waals surface area contributed by atoms with Crippen molar-refractivity contribution in [3.63, 3.8) is 0 Å². The van der Waals surface area contributed by atoms with E-state index in [2.05, 4.69) is 10.3 Å². The van der Waals surface area contributed by atoms with Crippen molar-refractivity contribution in [2.24, 2.45) is 4.99 Å². The van der Waals surface area contributed by atoms with Crippen LogP contribution in [0.5, 0.6) is 11.5 Å². The van der Waals surface area contributed by atoms with E-state index in [-0.39, 0.29) is 17.3 Å². The number of carbonyl (C=O) groups excluding carboxylic acids is 1. The maximum absolute atomic E-state index is 13.1. The van der Waals surface area contributed by atoms with Crippen molar-refractivity contribution >= 4 is 23.5 Å². The number of carbonyl (C=O) groups is 1. The van der Waals surface area contributed by atoms with E-state index in [0.29, 0.717) is 54.6 Å². The molecule has 3 aromatic rings. The standard InChI is InChI=1S/C28H27ClN4O3/c1-35-25-13-6-5-12-24(25)26(34)31-19-28(21-8-7-9-22(29)18-21)14-16-33(17-15-28)27(32-20-30)36-23-10-3-2-4-11-23/h2-13,18H,14-17,19H2,1H3,(H,31,34)/b32-27+. The lowest BCUT2D eigenvalue weighted by atomic mass is 9.72. The number of hydrogen-bond donors (Lipinski definition) is 1. The molecule has 36 heavy (non-hydrogen) atoms. The Morgan fingerprint density at radius 2 is 1.81 bits per heavy atom. The first-order chi connectivity index (χ1) is 17.5. The van der Waals surface area contributed by atoms with Gasteiger partial charge in [-0.3, -0.25) is 4.79 Å². The van der Waals surface area contributed by atoms with Crippen molar-refractivity contribution in [1.29, 1.82) is 5.26 Å². The molecule has 0 atom stereocenters. The number of benzene rings is 3. The van der Waals surface area contributed by atoms with Crippen molar-refractivity contribution in [2.45, 2.75) is 18.3 Å². The highest BCUT2D eigenvalue weighted by Crippen LogP contribution is 2.36. The molecule has 1 saturated heterocycles. The maximum atomic E-state index is 13.1. The molecule has 184 valence electrons. The summed E-state index contributed by atoms with van der Waals surface area (Å²) >= 11 is 6.35. The van der Waals surface area contributed by atoms with Crippen LogP contribution in [0.1, 0.15) is 28.8 Å². The number of halogens is 1. The van der Waals surface area contributed by atoms with Crippen LogP contribution >= 0.6 is 11.6 Å². The molecule has 0 aromatic heterocycles. The molecule has 1 fully saturated rings. The van der Waals surface area contributed by atoms with Crippen molar-refractivity contribution in [3.8, 4) is 17.7 Å². The van der Waals surface area contributed by atoms with Crippen LogP contribution in [0.15, 0.2) is 83.9 Å². The molecule has 1 heterocycles. The molecule has 0 spiro atoms. The van der Waals surface area contributed by atoms with E-state index in [1.165, 1.54) is 0 Å². The number of hydrogen-bond acceptors (Lipinski definition) is 5. The molecule has 8 heteroatoms. The van der Waals surface area contributed by atoms with Gasteiger partial charge in [-0.1, -0.05) is 54.1 Å². The first-order valence-electron chi connectivity index (χ1n) is 11.7. The fourth-order valence-electron chi connectivity index (χ4n) is 4.48. The predicted molar refractivity (Wildman–Crippen MR) is 139 cm³/mol. The van der Waals surface area contributed by atoms with Crippen LogP contribution in [0.3, 0.4) is 0 Å². The van der Waals surface area contributed by atoms with Gasteiger partial charge in [0.15, 0.2) is 0 Å². The third-order valence-electron chi connectivity index (χ3n) is 6.46. The molecule has 1 aliphatic heterocycles. The largest absolute Gasteiger partial charge is 0.496 e. The number of nitriles is 1. The van der Waals surface area contributed by atoms with E-state index in [9.17, 15) is 10.1 Å². The van der Waals surface area contributed by atoms with Gasteiger partial charge in [-0.05, 0) is 54.8 Å². The first kappa shape index (κ1) is 25.1. The predicted octanol–water partition coefficient (Wildman–Crippen LogP) is 5.03. The number of nitrogens with one attached hydrogen (secondary N) is 1. The summed E-state index contributed by atoms with van der Waals surface area (Å²) in [4.78, 5) is 19.0. The molecule has 0 bridgehead atoms. The summed E-state index contributed by atoms with van der Waals surface area (Å²) in [7, 11) is 1.55. The molecular formula is C28H27ClN4O3. The zero-order valence-corrected chi connectivity index (χ0v) is 20.7. The zero-order valence-electron chi connectivity index (χ0n) is 20.0. The molecule has 0 saturated carbocycles. The minimum Gasteiger partial charge on any atom is -0.496 e. The second-order valence-corrected chi connectivity index (χ2v) is 9.01. The summed E-state index contributed by atoms with van der Waals surface area (Å²) in [5, 5.41) is 13.0. The maximum Gasteiger partial charge on any atom is 0.308 e. The Bertz CT molecular complexity index is 1270. The van der Waals surface area contributed by atoms with Gasteiger partial charge >= 0.3 is 6.02 Å². The van der Waals surface area contributed by atoms with Gasteiger partial charge in [0.05, 0.1) is 12.7 Å². The van der Waals surface area contributed by atoms with Crippen LogP contribution in [0.4, 0.5) is 0 Å².